The molecule has 3 heteroatoms. The summed E-state index contributed by atoms with van der Waals surface area (Å²) in [7, 11) is 0. The van der Waals surface area contributed by atoms with Gasteiger partial charge >= 0.3 is 0 Å². The van der Waals surface area contributed by atoms with Crippen molar-refractivity contribution in [2.45, 2.75) is 44.7 Å². The molecule has 2 aliphatic rings. The zero-order valence-electron chi connectivity index (χ0n) is 8.96. The molecule has 0 radical (unpaired) electrons. The fourth-order valence-electron chi connectivity index (χ4n) is 2.80. The van der Waals surface area contributed by atoms with E-state index in [1.807, 2.05) is 0 Å². The Morgan fingerprint density at radius 3 is 2.64 bits per heavy atom. The first-order chi connectivity index (χ1) is 6.79. The molecule has 2 aliphatic heterocycles. The molecular weight excluding hydrogens is 176 g/mol. The normalized spacial score (nSPS) is 30.8. The van der Waals surface area contributed by atoms with Gasteiger partial charge in [-0.3, -0.25) is 9.69 Å². The van der Waals surface area contributed by atoms with E-state index in [0.29, 0.717) is 11.8 Å². The Bertz CT molecular complexity index is 211. The second-order valence-corrected chi connectivity index (χ2v) is 4.49. The third-order valence-corrected chi connectivity index (χ3v) is 3.54. The second kappa shape index (κ2) is 4.41. The summed E-state index contributed by atoms with van der Waals surface area (Å²) in [4.78, 5) is 13.9. The van der Waals surface area contributed by atoms with Gasteiger partial charge in [0.2, 0.25) is 0 Å². The van der Waals surface area contributed by atoms with Crippen molar-refractivity contribution in [3.63, 3.8) is 0 Å². The van der Waals surface area contributed by atoms with Gasteiger partial charge < -0.3 is 5.32 Å². The molecule has 1 N–H and O–H groups in total. The Labute approximate surface area is 85.8 Å². The van der Waals surface area contributed by atoms with Crippen LogP contribution in [0.3, 0.4) is 0 Å². The molecule has 0 saturated carbocycles. The van der Waals surface area contributed by atoms with Crippen molar-refractivity contribution >= 4 is 5.78 Å². The van der Waals surface area contributed by atoms with E-state index in [9.17, 15) is 4.79 Å². The highest BCUT2D eigenvalue weighted by molar-refractivity contribution is 5.81. The summed E-state index contributed by atoms with van der Waals surface area (Å²) in [6, 6.07) is 0.894. The molecule has 0 aromatic heterocycles. The van der Waals surface area contributed by atoms with E-state index in [-0.39, 0.29) is 6.04 Å². The fourth-order valence-corrected chi connectivity index (χ4v) is 2.80. The number of likely N-dealkylation sites (tertiary alicyclic amines) is 1. The van der Waals surface area contributed by atoms with Crippen molar-refractivity contribution in [1.29, 1.82) is 0 Å². The smallest absolute Gasteiger partial charge is 0.146 e. The maximum absolute atomic E-state index is 11.4. The lowest BCUT2D eigenvalue weighted by atomic mass is 10.0. The summed E-state index contributed by atoms with van der Waals surface area (Å²) < 4.78 is 0. The summed E-state index contributed by atoms with van der Waals surface area (Å²) in [6.07, 6.45) is 4.71. The lowest BCUT2D eigenvalue weighted by Crippen LogP contribution is -2.47. The van der Waals surface area contributed by atoms with Crippen LogP contribution in [0, 0.1) is 0 Å². The van der Waals surface area contributed by atoms with Crippen LogP contribution in [0.4, 0.5) is 0 Å². The summed E-state index contributed by atoms with van der Waals surface area (Å²) in [5.74, 6) is 0.362. The minimum Gasteiger partial charge on any atom is -0.317 e. The van der Waals surface area contributed by atoms with Crippen molar-refractivity contribution in [1.82, 2.24) is 10.2 Å². The molecule has 2 fully saturated rings. The van der Waals surface area contributed by atoms with Gasteiger partial charge in [-0.15, -0.1) is 0 Å². The van der Waals surface area contributed by atoms with Gasteiger partial charge in [-0.2, -0.15) is 0 Å². The zero-order valence-corrected chi connectivity index (χ0v) is 8.96. The Balaban J connectivity index is 1.97. The number of hydrogen-bond acceptors (Lipinski definition) is 3. The van der Waals surface area contributed by atoms with Crippen molar-refractivity contribution < 1.29 is 4.79 Å². The van der Waals surface area contributed by atoms with Gasteiger partial charge in [0, 0.05) is 6.04 Å². The molecule has 2 saturated heterocycles. The Hall–Kier alpha value is -0.410. The Kier molecular flexibility index (Phi) is 3.19. The average molecular weight is 196 g/mol. The molecule has 0 unspecified atom stereocenters. The maximum atomic E-state index is 11.4. The lowest BCUT2D eigenvalue weighted by Gasteiger charge is -2.34. The highest BCUT2D eigenvalue weighted by atomic mass is 16.1. The van der Waals surface area contributed by atoms with Gasteiger partial charge in [0.05, 0.1) is 6.04 Å². The molecular formula is C11H20N2O. The summed E-state index contributed by atoms with van der Waals surface area (Å²) in [5, 5.41) is 3.37. The Morgan fingerprint density at radius 1 is 1.29 bits per heavy atom. The van der Waals surface area contributed by atoms with Crippen molar-refractivity contribution in [2.24, 2.45) is 0 Å². The first-order valence-corrected chi connectivity index (χ1v) is 5.76. The molecule has 2 heterocycles. The minimum atomic E-state index is 0.234. The van der Waals surface area contributed by atoms with Crippen molar-refractivity contribution in [3.8, 4) is 0 Å². The molecule has 0 bridgehead atoms. The second-order valence-electron chi connectivity index (χ2n) is 4.49. The van der Waals surface area contributed by atoms with Crippen molar-refractivity contribution in [3.05, 3.63) is 0 Å². The van der Waals surface area contributed by atoms with Crippen LogP contribution in [0.25, 0.3) is 0 Å². The topological polar surface area (TPSA) is 32.3 Å². The molecule has 14 heavy (non-hydrogen) atoms. The number of Topliss-reactive ketones (excluding diaryl/α,β-unsaturated/α-hetero) is 1. The number of ketones is 1. The van der Waals surface area contributed by atoms with E-state index in [2.05, 4.69) is 10.2 Å². The molecule has 3 nitrogen and oxygen atoms in total. The molecule has 0 aliphatic carbocycles. The van der Waals surface area contributed by atoms with Crippen LogP contribution >= 0.6 is 0 Å². The first kappa shape index (κ1) is 10.1. The van der Waals surface area contributed by atoms with Crippen LogP contribution in [0.2, 0.25) is 0 Å². The van der Waals surface area contributed by atoms with Crippen LogP contribution in [-0.4, -0.2) is 42.4 Å². The first-order valence-electron chi connectivity index (χ1n) is 5.76. The highest BCUT2D eigenvalue weighted by Gasteiger charge is 2.33. The molecule has 0 aromatic rings. The van der Waals surface area contributed by atoms with Gasteiger partial charge in [-0.05, 0) is 52.2 Å². The largest absolute Gasteiger partial charge is 0.317 e. The third kappa shape index (κ3) is 1.98. The molecule has 0 aromatic carbocycles. The molecule has 2 rings (SSSR count). The fraction of sp³-hybridized carbons (Fsp3) is 0.909. The SMILES string of the molecule is CC(=O)[C@@H]1CCCN1C1CCNCC1. The number of nitrogens with one attached hydrogen (secondary N) is 1. The van der Waals surface area contributed by atoms with Crippen LogP contribution in [-0.2, 0) is 4.79 Å². The number of carbonyl (C=O) groups excluding carboxylic acids is 1. The number of piperidine rings is 1. The van der Waals surface area contributed by atoms with Crippen LogP contribution in [0.1, 0.15) is 32.6 Å². The number of carbonyl (C=O) groups is 1. The van der Waals surface area contributed by atoms with E-state index in [1.54, 1.807) is 6.92 Å². The van der Waals surface area contributed by atoms with Gasteiger partial charge in [-0.25, -0.2) is 0 Å². The van der Waals surface area contributed by atoms with Gasteiger partial charge in [0.25, 0.3) is 0 Å². The highest BCUT2D eigenvalue weighted by Crippen LogP contribution is 2.24. The van der Waals surface area contributed by atoms with Crippen LogP contribution in [0.5, 0.6) is 0 Å². The van der Waals surface area contributed by atoms with Gasteiger partial charge in [0.15, 0.2) is 0 Å². The Morgan fingerprint density at radius 2 is 2.00 bits per heavy atom. The third-order valence-electron chi connectivity index (χ3n) is 3.54. The summed E-state index contributed by atoms with van der Waals surface area (Å²) in [6.45, 7) is 5.11. The standard InChI is InChI=1S/C11H20N2O/c1-9(14)11-3-2-8-13(11)10-4-6-12-7-5-10/h10-12H,2-8H2,1H3/t11-/m0/s1. The van der Waals surface area contributed by atoms with Crippen LogP contribution in [0.15, 0.2) is 0 Å². The van der Waals surface area contributed by atoms with E-state index >= 15 is 0 Å². The molecule has 1 atom stereocenters. The molecule has 80 valence electrons. The average Bonchev–Trinajstić information content (AvgIpc) is 2.67. The van der Waals surface area contributed by atoms with E-state index < -0.39 is 0 Å². The predicted octanol–water partition coefficient (Wildman–Crippen LogP) is 0.792. The maximum Gasteiger partial charge on any atom is 0.146 e. The van der Waals surface area contributed by atoms with E-state index in [1.165, 1.54) is 19.3 Å². The lowest BCUT2D eigenvalue weighted by molar-refractivity contribution is -0.122. The molecule has 0 amide bonds. The molecule has 0 spiro atoms. The number of nitrogens with zero attached hydrogens (tertiary/aromatic N) is 1. The number of hydrogen-bond donors (Lipinski definition) is 1. The van der Waals surface area contributed by atoms with E-state index in [0.717, 1.165) is 26.1 Å². The predicted molar refractivity (Wildman–Crippen MR) is 56.3 cm³/mol. The van der Waals surface area contributed by atoms with Gasteiger partial charge in [0.1, 0.15) is 5.78 Å². The minimum absolute atomic E-state index is 0.234. The number of rotatable bonds is 2. The van der Waals surface area contributed by atoms with Crippen molar-refractivity contribution in [2.75, 3.05) is 19.6 Å². The van der Waals surface area contributed by atoms with Gasteiger partial charge in [-0.1, -0.05) is 0 Å². The quantitative estimate of drug-likeness (QED) is 0.709. The van der Waals surface area contributed by atoms with Crippen LogP contribution < -0.4 is 5.32 Å². The monoisotopic (exact) mass is 196 g/mol. The summed E-state index contributed by atoms with van der Waals surface area (Å²) >= 11 is 0. The van der Waals surface area contributed by atoms with E-state index in [4.69, 9.17) is 0 Å². The zero-order chi connectivity index (χ0) is 9.97. The summed E-state index contributed by atoms with van der Waals surface area (Å²) in [5.41, 5.74) is 0.